The van der Waals surface area contributed by atoms with Gasteiger partial charge in [-0.2, -0.15) is 0 Å². The molecule has 0 radical (unpaired) electrons. The molecule has 1 N–H and O–H groups in total. The fourth-order valence-electron chi connectivity index (χ4n) is 1.62. The summed E-state index contributed by atoms with van der Waals surface area (Å²) in [6.07, 6.45) is 4.97. The van der Waals surface area contributed by atoms with Crippen molar-refractivity contribution in [1.29, 1.82) is 0 Å². The lowest BCUT2D eigenvalue weighted by Crippen LogP contribution is -2.15. The van der Waals surface area contributed by atoms with Crippen LogP contribution in [-0.4, -0.2) is 12.5 Å². The average molecular weight is 355 g/mol. The second-order valence-electron chi connectivity index (χ2n) is 3.99. The van der Waals surface area contributed by atoms with Crippen molar-refractivity contribution in [2.45, 2.75) is 10.8 Å². The quantitative estimate of drug-likeness (QED) is 0.665. The van der Waals surface area contributed by atoms with E-state index in [1.807, 2.05) is 18.2 Å². The number of rotatable bonds is 3. The van der Waals surface area contributed by atoms with E-state index in [1.54, 1.807) is 12.2 Å². The minimum atomic E-state index is -0.104. The van der Waals surface area contributed by atoms with Crippen molar-refractivity contribution in [3.8, 4) is 0 Å². The summed E-state index contributed by atoms with van der Waals surface area (Å²) >= 11 is 2.35. The Balaban J connectivity index is 2.09. The topological polar surface area (TPSA) is 38.3 Å². The predicted molar refractivity (Wildman–Crippen MR) is 80.7 cm³/mol. The van der Waals surface area contributed by atoms with Crippen LogP contribution in [0, 0.1) is 0 Å². The molecule has 3 nitrogen and oxygen atoms in total. The van der Waals surface area contributed by atoms with E-state index in [0.717, 1.165) is 5.69 Å². The molecule has 0 saturated heterocycles. The number of benzene rings is 1. The SMILES string of the molecule is CC(I)c1cccc(NC(=O)C2=CCOC=C2)c1. The van der Waals surface area contributed by atoms with Crippen molar-refractivity contribution in [3.05, 3.63) is 53.8 Å². The average Bonchev–Trinajstić information content (AvgIpc) is 2.40. The van der Waals surface area contributed by atoms with Gasteiger partial charge in [0.2, 0.25) is 0 Å². The molecule has 1 heterocycles. The smallest absolute Gasteiger partial charge is 0.255 e. The van der Waals surface area contributed by atoms with Crippen molar-refractivity contribution in [2.24, 2.45) is 0 Å². The van der Waals surface area contributed by atoms with Gasteiger partial charge in [0.05, 0.1) is 6.26 Å². The van der Waals surface area contributed by atoms with Crippen LogP contribution in [0.5, 0.6) is 0 Å². The van der Waals surface area contributed by atoms with Crippen LogP contribution in [0.3, 0.4) is 0 Å². The monoisotopic (exact) mass is 355 g/mol. The summed E-state index contributed by atoms with van der Waals surface area (Å²) in [7, 11) is 0. The van der Waals surface area contributed by atoms with Gasteiger partial charge in [-0.25, -0.2) is 0 Å². The normalized spacial score (nSPS) is 15.6. The first-order valence-electron chi connectivity index (χ1n) is 5.70. The summed E-state index contributed by atoms with van der Waals surface area (Å²) in [6.45, 7) is 2.56. The fraction of sp³-hybridized carbons (Fsp3) is 0.214. The standard InChI is InChI=1S/C14H14INO2/c1-10(15)12-3-2-4-13(9-12)16-14(17)11-5-7-18-8-6-11/h2-7,9-10H,8H2,1H3,(H,16,17). The summed E-state index contributed by atoms with van der Waals surface area (Å²) in [4.78, 5) is 12.0. The van der Waals surface area contributed by atoms with Crippen molar-refractivity contribution < 1.29 is 9.53 Å². The van der Waals surface area contributed by atoms with Gasteiger partial charge in [0, 0.05) is 15.2 Å². The summed E-state index contributed by atoms with van der Waals surface area (Å²) in [5.41, 5.74) is 2.65. The molecule has 18 heavy (non-hydrogen) atoms. The van der Waals surface area contributed by atoms with E-state index < -0.39 is 0 Å². The van der Waals surface area contributed by atoms with Crippen LogP contribution in [-0.2, 0) is 9.53 Å². The summed E-state index contributed by atoms with van der Waals surface area (Å²) in [5.74, 6) is -0.104. The van der Waals surface area contributed by atoms with Gasteiger partial charge in [-0.15, -0.1) is 0 Å². The van der Waals surface area contributed by atoms with Gasteiger partial charge in [-0.1, -0.05) is 34.7 Å². The number of anilines is 1. The minimum Gasteiger partial charge on any atom is -0.497 e. The molecule has 1 aliphatic heterocycles. The maximum Gasteiger partial charge on any atom is 0.255 e. The first kappa shape index (κ1) is 13.1. The lowest BCUT2D eigenvalue weighted by atomic mass is 10.1. The van der Waals surface area contributed by atoms with Gasteiger partial charge in [-0.3, -0.25) is 4.79 Å². The van der Waals surface area contributed by atoms with Crippen LogP contribution in [0.1, 0.15) is 16.4 Å². The molecule has 0 saturated carbocycles. The van der Waals surface area contributed by atoms with E-state index in [0.29, 0.717) is 16.1 Å². The van der Waals surface area contributed by atoms with Gasteiger partial charge >= 0.3 is 0 Å². The second-order valence-corrected chi connectivity index (χ2v) is 5.86. The van der Waals surface area contributed by atoms with Gasteiger partial charge in [0.1, 0.15) is 6.61 Å². The molecule has 0 aromatic heterocycles. The Morgan fingerprint density at radius 2 is 2.33 bits per heavy atom. The highest BCUT2D eigenvalue weighted by molar-refractivity contribution is 14.1. The Labute approximate surface area is 120 Å². The number of hydrogen-bond donors (Lipinski definition) is 1. The van der Waals surface area contributed by atoms with E-state index >= 15 is 0 Å². The van der Waals surface area contributed by atoms with E-state index in [-0.39, 0.29) is 5.91 Å². The van der Waals surface area contributed by atoms with Gasteiger partial charge < -0.3 is 10.1 Å². The van der Waals surface area contributed by atoms with Crippen molar-refractivity contribution in [1.82, 2.24) is 0 Å². The molecular formula is C14H14INO2. The largest absolute Gasteiger partial charge is 0.497 e. The molecule has 2 rings (SSSR count). The highest BCUT2D eigenvalue weighted by Crippen LogP contribution is 2.24. The molecule has 1 aliphatic rings. The third-order valence-corrected chi connectivity index (χ3v) is 3.33. The Morgan fingerprint density at radius 1 is 1.50 bits per heavy atom. The zero-order valence-corrected chi connectivity index (χ0v) is 12.2. The number of alkyl halides is 1. The second kappa shape index (κ2) is 6.04. The molecule has 4 heteroatoms. The van der Waals surface area contributed by atoms with Gasteiger partial charge in [0.25, 0.3) is 5.91 Å². The molecule has 1 amide bonds. The zero-order chi connectivity index (χ0) is 13.0. The third-order valence-electron chi connectivity index (χ3n) is 2.61. The molecule has 0 bridgehead atoms. The first-order valence-corrected chi connectivity index (χ1v) is 6.95. The molecule has 1 aromatic rings. The molecule has 94 valence electrons. The molecule has 0 fully saturated rings. The molecular weight excluding hydrogens is 341 g/mol. The van der Waals surface area contributed by atoms with E-state index in [1.165, 1.54) is 11.8 Å². The van der Waals surface area contributed by atoms with Crippen LogP contribution in [0.2, 0.25) is 0 Å². The van der Waals surface area contributed by atoms with E-state index in [9.17, 15) is 4.79 Å². The van der Waals surface area contributed by atoms with Crippen molar-refractivity contribution >= 4 is 34.2 Å². The van der Waals surface area contributed by atoms with Crippen LogP contribution in [0.4, 0.5) is 5.69 Å². The number of hydrogen-bond acceptors (Lipinski definition) is 2. The molecule has 1 unspecified atom stereocenters. The molecule has 1 atom stereocenters. The summed E-state index contributed by atoms with van der Waals surface area (Å²) in [6, 6.07) is 7.90. The first-order chi connectivity index (χ1) is 8.66. The third kappa shape index (κ3) is 3.35. The number of carbonyl (C=O) groups is 1. The number of halogens is 1. The Kier molecular flexibility index (Phi) is 4.41. The van der Waals surface area contributed by atoms with Crippen molar-refractivity contribution in [3.63, 3.8) is 0 Å². The highest BCUT2D eigenvalue weighted by atomic mass is 127. The predicted octanol–water partition coefficient (Wildman–Crippen LogP) is 3.59. The number of amides is 1. The lowest BCUT2D eigenvalue weighted by molar-refractivity contribution is -0.112. The Bertz CT molecular complexity index is 506. The lowest BCUT2D eigenvalue weighted by Gasteiger charge is -2.11. The maximum absolute atomic E-state index is 12.0. The van der Waals surface area contributed by atoms with E-state index in [4.69, 9.17) is 4.74 Å². The highest BCUT2D eigenvalue weighted by Gasteiger charge is 2.09. The summed E-state index contributed by atoms with van der Waals surface area (Å²) < 4.78 is 5.43. The molecule has 0 aliphatic carbocycles. The molecule has 1 aromatic carbocycles. The van der Waals surface area contributed by atoms with Crippen LogP contribution in [0.25, 0.3) is 0 Å². The van der Waals surface area contributed by atoms with Crippen LogP contribution in [0.15, 0.2) is 48.3 Å². The fourth-order valence-corrected chi connectivity index (χ4v) is 2.01. The van der Waals surface area contributed by atoms with Crippen molar-refractivity contribution in [2.75, 3.05) is 11.9 Å². The number of nitrogens with one attached hydrogen (secondary N) is 1. The van der Waals surface area contributed by atoms with E-state index in [2.05, 4.69) is 40.9 Å². The van der Waals surface area contributed by atoms with Crippen LogP contribution >= 0.6 is 22.6 Å². The maximum atomic E-state index is 12.0. The Hall–Kier alpha value is -1.30. The zero-order valence-electron chi connectivity index (χ0n) is 10.0. The Morgan fingerprint density at radius 3 is 3.00 bits per heavy atom. The summed E-state index contributed by atoms with van der Waals surface area (Å²) in [5, 5.41) is 2.89. The molecule has 0 spiro atoms. The number of carbonyl (C=O) groups excluding carboxylic acids is 1. The number of ether oxygens (including phenoxy) is 1. The van der Waals surface area contributed by atoms with Gasteiger partial charge in [-0.05, 0) is 36.8 Å². The van der Waals surface area contributed by atoms with Gasteiger partial charge in [0.15, 0.2) is 0 Å². The van der Waals surface area contributed by atoms with Crippen LogP contribution < -0.4 is 5.32 Å². The minimum absolute atomic E-state index is 0.104.